The number of aliphatic hydroxyl groups is 2. The van der Waals surface area contributed by atoms with Crippen LogP contribution in [0.3, 0.4) is 0 Å². The Balaban J connectivity index is 3.26. The predicted molar refractivity (Wildman–Crippen MR) is 106 cm³/mol. The van der Waals surface area contributed by atoms with Crippen LogP contribution in [0.5, 0.6) is 0 Å². The molecule has 0 spiro atoms. The molecule has 1 unspecified atom stereocenters. The van der Waals surface area contributed by atoms with E-state index < -0.39 is 5.79 Å². The summed E-state index contributed by atoms with van der Waals surface area (Å²) in [5, 5.41) is 19.8. The molecule has 0 amide bonds. The number of hydrogen-bond donors (Lipinski definition) is 2. The zero-order chi connectivity index (χ0) is 18.1. The maximum atomic E-state index is 9.91. The van der Waals surface area contributed by atoms with E-state index in [0.29, 0.717) is 12.8 Å². The maximum Gasteiger partial charge on any atom is 0.163 e. The average molecular weight is 341 g/mol. The fourth-order valence-electron chi connectivity index (χ4n) is 3.30. The van der Waals surface area contributed by atoms with E-state index in [9.17, 15) is 10.2 Å². The first kappa shape index (κ1) is 23.7. The molecule has 0 radical (unpaired) electrons. The molecule has 0 aromatic heterocycles. The number of rotatable bonds is 18. The second-order valence-electron chi connectivity index (χ2n) is 7.75. The smallest absolute Gasteiger partial charge is 0.163 e. The van der Waals surface area contributed by atoms with E-state index in [1.165, 1.54) is 77.0 Å². The first-order chi connectivity index (χ1) is 11.5. The van der Waals surface area contributed by atoms with Gasteiger partial charge in [0.2, 0.25) is 0 Å². The molecule has 2 heteroatoms. The molecule has 0 saturated carbocycles. The maximum absolute atomic E-state index is 9.91. The van der Waals surface area contributed by atoms with Crippen molar-refractivity contribution in [3.8, 4) is 0 Å². The largest absolute Gasteiger partial charge is 0.366 e. The van der Waals surface area contributed by atoms with E-state index in [1.807, 2.05) is 6.92 Å². The van der Waals surface area contributed by atoms with Crippen molar-refractivity contribution in [2.75, 3.05) is 0 Å². The molecule has 0 bridgehead atoms. The minimum atomic E-state index is -1.51. The van der Waals surface area contributed by atoms with Crippen LogP contribution in [0.15, 0.2) is 12.7 Å². The van der Waals surface area contributed by atoms with Crippen LogP contribution in [0.1, 0.15) is 117 Å². The Morgan fingerprint density at radius 3 is 1.50 bits per heavy atom. The van der Waals surface area contributed by atoms with Gasteiger partial charge in [-0.1, -0.05) is 103 Å². The molecule has 0 aromatic rings. The highest BCUT2D eigenvalue weighted by Crippen LogP contribution is 2.22. The lowest BCUT2D eigenvalue weighted by atomic mass is 9.96. The normalized spacial score (nSPS) is 13.2. The van der Waals surface area contributed by atoms with Crippen LogP contribution in [0.4, 0.5) is 0 Å². The molecule has 0 aliphatic rings. The molecular weight excluding hydrogens is 296 g/mol. The van der Waals surface area contributed by atoms with E-state index in [2.05, 4.69) is 13.5 Å². The van der Waals surface area contributed by atoms with E-state index in [1.54, 1.807) is 6.08 Å². The standard InChI is InChI=1S/C22H44O2/c1-4-6-7-8-9-10-11-12-13-14-15-16-17-18-19-22(23,24)20-21(3)5-2/h5,21,23-24H,2,4,6-20H2,1,3H3. The van der Waals surface area contributed by atoms with Gasteiger partial charge < -0.3 is 10.2 Å². The molecule has 1 atom stereocenters. The van der Waals surface area contributed by atoms with E-state index >= 15 is 0 Å². The Morgan fingerprint density at radius 1 is 0.750 bits per heavy atom. The summed E-state index contributed by atoms with van der Waals surface area (Å²) in [5.41, 5.74) is 0. The van der Waals surface area contributed by atoms with Gasteiger partial charge in [-0.15, -0.1) is 6.58 Å². The average Bonchev–Trinajstić information content (AvgIpc) is 2.54. The van der Waals surface area contributed by atoms with Gasteiger partial charge in [-0.2, -0.15) is 0 Å². The zero-order valence-corrected chi connectivity index (χ0v) is 16.6. The van der Waals surface area contributed by atoms with Gasteiger partial charge >= 0.3 is 0 Å². The van der Waals surface area contributed by atoms with E-state index in [4.69, 9.17) is 0 Å². The van der Waals surface area contributed by atoms with Crippen LogP contribution >= 0.6 is 0 Å². The van der Waals surface area contributed by atoms with E-state index in [0.717, 1.165) is 12.8 Å². The summed E-state index contributed by atoms with van der Waals surface area (Å²) in [7, 11) is 0. The van der Waals surface area contributed by atoms with Crippen molar-refractivity contribution in [3.63, 3.8) is 0 Å². The lowest BCUT2D eigenvalue weighted by molar-refractivity contribution is -0.175. The molecule has 0 aliphatic heterocycles. The summed E-state index contributed by atoms with van der Waals surface area (Å²) >= 11 is 0. The van der Waals surface area contributed by atoms with Crippen molar-refractivity contribution >= 4 is 0 Å². The summed E-state index contributed by atoms with van der Waals surface area (Å²) in [5.74, 6) is -1.35. The van der Waals surface area contributed by atoms with Gasteiger partial charge in [0.25, 0.3) is 0 Å². The predicted octanol–water partition coefficient (Wildman–Crippen LogP) is 6.75. The van der Waals surface area contributed by atoms with Crippen LogP contribution < -0.4 is 0 Å². The van der Waals surface area contributed by atoms with Gasteiger partial charge in [0, 0.05) is 12.8 Å². The minimum Gasteiger partial charge on any atom is -0.366 e. The van der Waals surface area contributed by atoms with Gasteiger partial charge in [-0.05, 0) is 12.3 Å². The van der Waals surface area contributed by atoms with Crippen LogP contribution in [0.2, 0.25) is 0 Å². The highest BCUT2D eigenvalue weighted by Gasteiger charge is 2.23. The van der Waals surface area contributed by atoms with Crippen molar-refractivity contribution in [1.82, 2.24) is 0 Å². The van der Waals surface area contributed by atoms with Crippen molar-refractivity contribution in [1.29, 1.82) is 0 Å². The molecule has 0 aliphatic carbocycles. The van der Waals surface area contributed by atoms with Gasteiger partial charge in [-0.3, -0.25) is 0 Å². The summed E-state index contributed by atoms with van der Waals surface area (Å²) in [6.45, 7) is 7.94. The summed E-state index contributed by atoms with van der Waals surface area (Å²) < 4.78 is 0. The first-order valence-corrected chi connectivity index (χ1v) is 10.6. The van der Waals surface area contributed by atoms with Crippen LogP contribution in [0, 0.1) is 5.92 Å². The molecular formula is C22H44O2. The molecule has 0 fully saturated rings. The fourth-order valence-corrected chi connectivity index (χ4v) is 3.30. The summed E-state index contributed by atoms with van der Waals surface area (Å²) in [4.78, 5) is 0. The number of unbranched alkanes of at least 4 members (excludes halogenated alkanes) is 13. The molecule has 0 rings (SSSR count). The van der Waals surface area contributed by atoms with Crippen LogP contribution in [0.25, 0.3) is 0 Å². The third kappa shape index (κ3) is 16.5. The molecule has 2 N–H and O–H groups in total. The molecule has 0 aromatic carbocycles. The van der Waals surface area contributed by atoms with E-state index in [-0.39, 0.29) is 5.92 Å². The van der Waals surface area contributed by atoms with Gasteiger partial charge in [0.15, 0.2) is 5.79 Å². The molecule has 24 heavy (non-hydrogen) atoms. The highest BCUT2D eigenvalue weighted by atomic mass is 16.5. The van der Waals surface area contributed by atoms with Crippen molar-refractivity contribution in [2.45, 2.75) is 122 Å². The Morgan fingerprint density at radius 2 is 1.12 bits per heavy atom. The quantitative estimate of drug-likeness (QED) is 0.164. The minimum absolute atomic E-state index is 0.159. The second-order valence-corrected chi connectivity index (χ2v) is 7.75. The topological polar surface area (TPSA) is 40.5 Å². The fraction of sp³-hybridized carbons (Fsp3) is 0.909. The monoisotopic (exact) mass is 340 g/mol. The summed E-state index contributed by atoms with van der Waals surface area (Å²) in [6.07, 6.45) is 21.2. The van der Waals surface area contributed by atoms with Gasteiger partial charge in [0.1, 0.15) is 0 Å². The molecule has 0 heterocycles. The number of hydrogen-bond acceptors (Lipinski definition) is 2. The Hall–Kier alpha value is -0.340. The second kappa shape index (κ2) is 16.1. The zero-order valence-electron chi connectivity index (χ0n) is 16.6. The van der Waals surface area contributed by atoms with Crippen LogP contribution in [-0.4, -0.2) is 16.0 Å². The molecule has 2 nitrogen and oxygen atoms in total. The van der Waals surface area contributed by atoms with Gasteiger partial charge in [-0.25, -0.2) is 0 Å². The highest BCUT2D eigenvalue weighted by molar-refractivity contribution is 4.80. The third-order valence-corrected chi connectivity index (χ3v) is 4.98. The first-order valence-electron chi connectivity index (χ1n) is 10.6. The third-order valence-electron chi connectivity index (χ3n) is 4.98. The Kier molecular flexibility index (Phi) is 15.9. The Bertz CT molecular complexity index is 273. The Labute approximate surface area is 151 Å². The van der Waals surface area contributed by atoms with Gasteiger partial charge in [0.05, 0.1) is 0 Å². The van der Waals surface area contributed by atoms with Crippen molar-refractivity contribution < 1.29 is 10.2 Å². The van der Waals surface area contributed by atoms with Crippen molar-refractivity contribution in [3.05, 3.63) is 12.7 Å². The number of allylic oxidation sites excluding steroid dienone is 1. The SMILES string of the molecule is C=CC(C)CC(O)(O)CCCCCCCCCCCCCCCC. The van der Waals surface area contributed by atoms with Crippen LogP contribution in [-0.2, 0) is 0 Å². The molecule has 0 saturated heterocycles. The lowest BCUT2D eigenvalue weighted by Gasteiger charge is -2.23. The lowest BCUT2D eigenvalue weighted by Crippen LogP contribution is -2.29. The summed E-state index contributed by atoms with van der Waals surface area (Å²) in [6, 6.07) is 0. The van der Waals surface area contributed by atoms with Crippen molar-refractivity contribution in [2.24, 2.45) is 5.92 Å². The molecule has 144 valence electrons.